The Bertz CT molecular complexity index is 252. The number of thiazole rings is 1. The van der Waals surface area contributed by atoms with Crippen LogP contribution in [0.2, 0.25) is 0 Å². The maximum Gasteiger partial charge on any atom is 0.107 e. The summed E-state index contributed by atoms with van der Waals surface area (Å²) >= 11 is 4.03. The Labute approximate surface area is 90.9 Å². The van der Waals surface area contributed by atoms with Crippen LogP contribution in [0.5, 0.6) is 0 Å². The molecule has 0 spiro atoms. The van der Waals surface area contributed by atoms with E-state index in [-0.39, 0.29) is 5.54 Å². The molecule has 0 atom stereocenters. The second-order valence-corrected chi connectivity index (χ2v) is 6.67. The van der Waals surface area contributed by atoms with Gasteiger partial charge in [0.05, 0.1) is 9.08 Å². The number of rotatable bonds is 2. The molecule has 1 aromatic rings. The molecular weight excluding hydrogens is 283 g/mol. The number of hydrogen-bond acceptors (Lipinski definition) is 3. The van der Waals surface area contributed by atoms with Crippen LogP contribution < -0.4 is 5.32 Å². The van der Waals surface area contributed by atoms with Gasteiger partial charge in [0.15, 0.2) is 0 Å². The first-order chi connectivity index (χ1) is 5.47. The fraction of sp³-hybridized carbons (Fsp3) is 0.625. The van der Waals surface area contributed by atoms with Crippen molar-refractivity contribution in [3.05, 3.63) is 14.1 Å². The van der Waals surface area contributed by atoms with Crippen LogP contribution in [0.25, 0.3) is 0 Å². The van der Waals surface area contributed by atoms with E-state index in [4.69, 9.17) is 0 Å². The summed E-state index contributed by atoms with van der Waals surface area (Å²) < 4.78 is 1.25. The molecule has 4 heteroatoms. The van der Waals surface area contributed by atoms with E-state index in [1.165, 1.54) is 2.88 Å². The lowest BCUT2D eigenvalue weighted by atomic mass is 10.1. The second-order valence-electron chi connectivity index (χ2n) is 3.66. The molecule has 68 valence electrons. The molecule has 0 radical (unpaired) electrons. The van der Waals surface area contributed by atoms with Crippen LogP contribution in [-0.4, -0.2) is 10.5 Å². The minimum absolute atomic E-state index is 0.178. The van der Waals surface area contributed by atoms with Crippen LogP contribution >= 0.6 is 33.9 Å². The summed E-state index contributed by atoms with van der Waals surface area (Å²) in [6, 6.07) is 0. The van der Waals surface area contributed by atoms with E-state index >= 15 is 0 Å². The van der Waals surface area contributed by atoms with Gasteiger partial charge < -0.3 is 5.32 Å². The Morgan fingerprint density at radius 2 is 2.25 bits per heavy atom. The zero-order valence-corrected chi connectivity index (χ0v) is 10.5. The lowest BCUT2D eigenvalue weighted by molar-refractivity contribution is 0.424. The second kappa shape index (κ2) is 4.02. The van der Waals surface area contributed by atoms with Crippen molar-refractivity contribution in [3.63, 3.8) is 0 Å². The third kappa shape index (κ3) is 3.82. The molecule has 1 N–H and O–H groups in total. The molecule has 0 saturated carbocycles. The van der Waals surface area contributed by atoms with Gasteiger partial charge in [0.25, 0.3) is 0 Å². The zero-order chi connectivity index (χ0) is 9.19. The molecule has 0 aliphatic rings. The maximum absolute atomic E-state index is 4.27. The summed E-state index contributed by atoms with van der Waals surface area (Å²) in [4.78, 5) is 4.27. The predicted octanol–water partition coefficient (Wildman–Crippen LogP) is 2.64. The number of nitrogens with one attached hydrogen (secondary N) is 1. The highest BCUT2D eigenvalue weighted by Gasteiger charge is 2.09. The maximum atomic E-state index is 4.27. The van der Waals surface area contributed by atoms with Gasteiger partial charge in [-0.2, -0.15) is 0 Å². The molecule has 0 aliphatic carbocycles. The van der Waals surface area contributed by atoms with Crippen molar-refractivity contribution in [1.82, 2.24) is 10.3 Å². The van der Waals surface area contributed by atoms with Crippen molar-refractivity contribution >= 4 is 33.9 Å². The van der Waals surface area contributed by atoms with Crippen molar-refractivity contribution in [2.45, 2.75) is 32.9 Å². The van der Waals surface area contributed by atoms with Gasteiger partial charge >= 0.3 is 0 Å². The Balaban J connectivity index is 2.44. The molecule has 0 aliphatic heterocycles. The van der Waals surface area contributed by atoms with Gasteiger partial charge in [0.2, 0.25) is 0 Å². The van der Waals surface area contributed by atoms with Crippen molar-refractivity contribution in [1.29, 1.82) is 0 Å². The zero-order valence-electron chi connectivity index (χ0n) is 7.52. The summed E-state index contributed by atoms with van der Waals surface area (Å²) in [5, 5.41) is 4.56. The Morgan fingerprint density at radius 3 is 2.67 bits per heavy atom. The molecule has 0 unspecified atom stereocenters. The van der Waals surface area contributed by atoms with Gasteiger partial charge in [-0.3, -0.25) is 0 Å². The van der Waals surface area contributed by atoms with Crippen LogP contribution in [0.15, 0.2) is 6.20 Å². The number of hydrogen-bond donors (Lipinski definition) is 1. The third-order valence-electron chi connectivity index (χ3n) is 1.30. The van der Waals surface area contributed by atoms with Crippen molar-refractivity contribution in [2.24, 2.45) is 0 Å². The molecule has 12 heavy (non-hydrogen) atoms. The predicted molar refractivity (Wildman–Crippen MR) is 61.4 cm³/mol. The minimum Gasteiger partial charge on any atom is -0.306 e. The molecule has 0 amide bonds. The van der Waals surface area contributed by atoms with E-state index in [0.29, 0.717) is 0 Å². The lowest BCUT2D eigenvalue weighted by Gasteiger charge is -2.19. The number of aromatic nitrogens is 1. The van der Waals surface area contributed by atoms with Crippen LogP contribution in [0.1, 0.15) is 25.8 Å². The molecule has 0 saturated heterocycles. The highest BCUT2D eigenvalue weighted by atomic mass is 127. The molecule has 1 heterocycles. The van der Waals surface area contributed by atoms with Crippen molar-refractivity contribution in [2.75, 3.05) is 0 Å². The van der Waals surface area contributed by atoms with Gasteiger partial charge in [-0.25, -0.2) is 4.98 Å². The fourth-order valence-electron chi connectivity index (χ4n) is 0.711. The Morgan fingerprint density at radius 1 is 1.58 bits per heavy atom. The first kappa shape index (κ1) is 10.4. The van der Waals surface area contributed by atoms with Crippen molar-refractivity contribution < 1.29 is 0 Å². The van der Waals surface area contributed by atoms with Crippen LogP contribution in [0.3, 0.4) is 0 Å². The van der Waals surface area contributed by atoms with E-state index in [9.17, 15) is 0 Å². The highest BCUT2D eigenvalue weighted by molar-refractivity contribution is 14.1. The largest absolute Gasteiger partial charge is 0.306 e. The average Bonchev–Trinajstić information content (AvgIpc) is 2.30. The van der Waals surface area contributed by atoms with E-state index in [0.717, 1.165) is 11.6 Å². The van der Waals surface area contributed by atoms with Crippen LogP contribution in [-0.2, 0) is 6.54 Å². The van der Waals surface area contributed by atoms with E-state index < -0.39 is 0 Å². The summed E-state index contributed by atoms with van der Waals surface area (Å²) in [5.74, 6) is 0. The first-order valence-corrected chi connectivity index (χ1v) is 5.72. The van der Waals surface area contributed by atoms with Gasteiger partial charge in [-0.05, 0) is 43.4 Å². The summed E-state index contributed by atoms with van der Waals surface area (Å²) in [7, 11) is 0. The minimum atomic E-state index is 0.178. The molecule has 0 aromatic carbocycles. The Kier molecular flexibility index (Phi) is 3.48. The van der Waals surface area contributed by atoms with Crippen LogP contribution in [0.4, 0.5) is 0 Å². The summed E-state index contributed by atoms with van der Waals surface area (Å²) in [5.41, 5.74) is 0.178. The highest BCUT2D eigenvalue weighted by Crippen LogP contribution is 2.15. The molecule has 2 nitrogen and oxygen atoms in total. The van der Waals surface area contributed by atoms with Crippen molar-refractivity contribution in [3.8, 4) is 0 Å². The molecule has 1 aromatic heterocycles. The van der Waals surface area contributed by atoms with Gasteiger partial charge in [0.1, 0.15) is 5.01 Å². The Hall–Kier alpha value is 0.320. The quantitative estimate of drug-likeness (QED) is 0.849. The third-order valence-corrected chi connectivity index (χ3v) is 3.02. The topological polar surface area (TPSA) is 24.9 Å². The first-order valence-electron chi connectivity index (χ1n) is 3.82. The number of nitrogens with zero attached hydrogens (tertiary/aromatic N) is 1. The normalized spacial score (nSPS) is 12.0. The van der Waals surface area contributed by atoms with Gasteiger partial charge in [-0.1, -0.05) is 0 Å². The smallest absolute Gasteiger partial charge is 0.107 e. The summed E-state index contributed by atoms with van der Waals surface area (Å²) in [6.07, 6.45) is 1.91. The fourth-order valence-corrected chi connectivity index (χ4v) is 2.19. The van der Waals surface area contributed by atoms with E-state index in [2.05, 4.69) is 53.7 Å². The van der Waals surface area contributed by atoms with Gasteiger partial charge in [-0.15, -0.1) is 11.3 Å². The van der Waals surface area contributed by atoms with E-state index in [1.54, 1.807) is 11.3 Å². The average molecular weight is 296 g/mol. The van der Waals surface area contributed by atoms with Gasteiger partial charge in [0, 0.05) is 12.1 Å². The SMILES string of the molecule is CC(C)(C)NCc1ncc(I)s1. The standard InChI is InChI=1S/C8H13IN2S/c1-8(2,3)11-5-7-10-4-6(9)12-7/h4,11H,5H2,1-3H3. The molecule has 1 rings (SSSR count). The molecular formula is C8H13IN2S. The number of halogens is 1. The monoisotopic (exact) mass is 296 g/mol. The van der Waals surface area contributed by atoms with E-state index in [1.807, 2.05) is 6.20 Å². The molecule has 0 bridgehead atoms. The van der Waals surface area contributed by atoms with Crippen LogP contribution in [0, 0.1) is 2.88 Å². The summed E-state index contributed by atoms with van der Waals surface area (Å²) in [6.45, 7) is 7.35. The molecule has 0 fully saturated rings. The lowest BCUT2D eigenvalue weighted by Crippen LogP contribution is -2.34.